The lowest BCUT2D eigenvalue weighted by Crippen LogP contribution is -2.41. The smallest absolute Gasteiger partial charge is 0.363 e. The maximum Gasteiger partial charge on any atom is 0.363 e. The molecule has 4 nitrogen and oxygen atoms in total. The van der Waals surface area contributed by atoms with E-state index in [-0.39, 0.29) is 5.38 Å². The molecule has 34 heavy (non-hydrogen) atoms. The fraction of sp³-hybridized carbons (Fsp3) is 0.828. The van der Waals surface area contributed by atoms with Crippen LogP contribution in [0.3, 0.4) is 0 Å². The van der Waals surface area contributed by atoms with Crippen molar-refractivity contribution in [3.05, 3.63) is 23.6 Å². The summed E-state index contributed by atoms with van der Waals surface area (Å²) in [7, 11) is 0. The van der Waals surface area contributed by atoms with Crippen LogP contribution < -0.4 is 0 Å². The molecule has 4 fully saturated rings. The van der Waals surface area contributed by atoms with Crippen LogP contribution in [0.4, 0.5) is 0 Å². The Hall–Kier alpha value is -1.16. The number of alkyl halides is 1. The summed E-state index contributed by atoms with van der Waals surface area (Å²) in [6.45, 7) is 8.76. The van der Waals surface area contributed by atoms with Crippen LogP contribution in [-0.2, 0) is 9.47 Å². The summed E-state index contributed by atoms with van der Waals surface area (Å²) in [4.78, 5) is 2.57. The predicted molar refractivity (Wildman–Crippen MR) is 139 cm³/mol. The Morgan fingerprint density at radius 3 is 2.47 bits per heavy atom. The molecule has 5 aliphatic rings. The van der Waals surface area contributed by atoms with Crippen molar-refractivity contribution in [2.75, 3.05) is 13.1 Å². The van der Waals surface area contributed by atoms with Crippen molar-refractivity contribution in [2.24, 2.45) is 11.8 Å². The summed E-state index contributed by atoms with van der Waals surface area (Å²) in [6, 6.07) is 0.980. The number of hydrogen-bond acceptors (Lipinski definition) is 3. The highest BCUT2D eigenvalue weighted by atomic mass is 35.5. The van der Waals surface area contributed by atoms with Gasteiger partial charge >= 0.3 is 5.90 Å². The highest BCUT2D eigenvalue weighted by molar-refractivity contribution is 6.20. The minimum Gasteiger partial charge on any atom is -0.474 e. The van der Waals surface area contributed by atoms with Gasteiger partial charge in [0.15, 0.2) is 18.0 Å². The first-order valence-corrected chi connectivity index (χ1v) is 14.8. The lowest BCUT2D eigenvalue weighted by Gasteiger charge is -2.39. The van der Waals surface area contributed by atoms with Crippen molar-refractivity contribution in [1.29, 1.82) is 0 Å². The molecule has 2 heterocycles. The summed E-state index contributed by atoms with van der Waals surface area (Å²) < 4.78 is 15.5. The second-order valence-corrected chi connectivity index (χ2v) is 11.9. The number of allylic oxidation sites excluding steroid dienone is 2. The van der Waals surface area contributed by atoms with E-state index in [0.717, 1.165) is 62.4 Å². The number of halogens is 1. The Bertz CT molecular complexity index is 815. The first kappa shape index (κ1) is 24.5. The largest absolute Gasteiger partial charge is 0.474 e. The summed E-state index contributed by atoms with van der Waals surface area (Å²) in [6.07, 6.45) is 20.5. The molecule has 0 aromatic rings. The average molecular weight is 490 g/mol. The Labute approximate surface area is 212 Å². The summed E-state index contributed by atoms with van der Waals surface area (Å²) in [5.41, 5.74) is 1.30. The Morgan fingerprint density at radius 1 is 0.941 bits per heavy atom. The van der Waals surface area contributed by atoms with E-state index in [1.807, 2.05) is 0 Å². The van der Waals surface area contributed by atoms with Crippen LogP contribution in [-0.4, -0.2) is 58.1 Å². The van der Waals surface area contributed by atoms with Crippen LogP contribution in [0.5, 0.6) is 0 Å². The lowest BCUT2D eigenvalue weighted by molar-refractivity contribution is -0.558. The molecule has 5 heteroatoms. The molecule has 1 saturated heterocycles. The molecular weight excluding hydrogens is 444 g/mol. The zero-order valence-electron chi connectivity index (χ0n) is 21.7. The van der Waals surface area contributed by atoms with Gasteiger partial charge in [0, 0.05) is 24.4 Å². The second kappa shape index (κ2) is 10.8. The van der Waals surface area contributed by atoms with E-state index in [1.54, 1.807) is 0 Å². The molecule has 0 N–H and O–H groups in total. The summed E-state index contributed by atoms with van der Waals surface area (Å²) >= 11 is 6.51. The van der Waals surface area contributed by atoms with Crippen LogP contribution in [0.15, 0.2) is 23.6 Å². The Morgan fingerprint density at radius 2 is 1.74 bits per heavy atom. The van der Waals surface area contributed by atoms with Gasteiger partial charge in [-0.1, -0.05) is 39.0 Å². The van der Waals surface area contributed by atoms with E-state index in [9.17, 15) is 0 Å². The summed E-state index contributed by atoms with van der Waals surface area (Å²) in [5.74, 6) is 3.98. The third-order valence-corrected chi connectivity index (χ3v) is 9.82. The first-order chi connectivity index (χ1) is 16.6. The van der Waals surface area contributed by atoms with E-state index in [2.05, 4.69) is 42.4 Å². The maximum absolute atomic E-state index is 6.63. The molecule has 3 saturated carbocycles. The molecule has 3 aliphatic carbocycles. The van der Waals surface area contributed by atoms with E-state index in [0.29, 0.717) is 24.3 Å². The number of likely N-dealkylation sites (N-methyl/N-ethyl adjacent to an activating group) is 2. The number of nitrogens with zero attached hydrogens (tertiary/aromatic N) is 2. The Kier molecular flexibility index (Phi) is 7.83. The zero-order valence-corrected chi connectivity index (χ0v) is 22.4. The van der Waals surface area contributed by atoms with Crippen molar-refractivity contribution in [3.8, 4) is 0 Å². The third-order valence-electron chi connectivity index (χ3n) is 9.42. The standard InChI is InChI=1S/C29H46ClN2O2/c1-4-20(17-29-32(6-3)25-19-23(30)13-15-27(25)34-29)16-28-31(5-2)24-18-22(12-14-26(24)33-28)21-10-8-7-9-11-21/h16-17,21-27H,4-15,18-19H2,1-3H3/q+1. The molecule has 0 bridgehead atoms. The van der Waals surface area contributed by atoms with Gasteiger partial charge in [-0.25, -0.2) is 0 Å². The number of fused-ring (bicyclic) bond motifs is 2. The van der Waals surface area contributed by atoms with Crippen LogP contribution >= 0.6 is 11.6 Å². The molecule has 6 atom stereocenters. The molecule has 190 valence electrons. The summed E-state index contributed by atoms with van der Waals surface area (Å²) in [5, 5.41) is 0.278. The molecule has 0 aromatic carbocycles. The Balaban J connectivity index is 1.33. The first-order valence-electron chi connectivity index (χ1n) is 14.4. The van der Waals surface area contributed by atoms with Gasteiger partial charge in [-0.2, -0.15) is 4.58 Å². The van der Waals surface area contributed by atoms with Crippen LogP contribution in [0.2, 0.25) is 0 Å². The van der Waals surface area contributed by atoms with Crippen LogP contribution in [0, 0.1) is 11.8 Å². The number of hydrogen-bond donors (Lipinski definition) is 0. The molecule has 0 aromatic heterocycles. The van der Waals surface area contributed by atoms with Gasteiger partial charge in [0.2, 0.25) is 0 Å². The quantitative estimate of drug-likeness (QED) is 0.309. The van der Waals surface area contributed by atoms with Crippen molar-refractivity contribution < 1.29 is 14.0 Å². The molecule has 0 spiro atoms. The van der Waals surface area contributed by atoms with E-state index >= 15 is 0 Å². The van der Waals surface area contributed by atoms with E-state index in [1.165, 1.54) is 56.9 Å². The van der Waals surface area contributed by atoms with Gasteiger partial charge < -0.3 is 14.4 Å². The molecule has 0 amide bonds. The van der Waals surface area contributed by atoms with Crippen LogP contribution in [0.25, 0.3) is 0 Å². The second-order valence-electron chi connectivity index (χ2n) is 11.3. The van der Waals surface area contributed by atoms with Gasteiger partial charge in [-0.05, 0) is 69.8 Å². The highest BCUT2D eigenvalue weighted by Crippen LogP contribution is 2.44. The molecule has 2 aliphatic heterocycles. The normalized spacial score (nSPS) is 38.1. The van der Waals surface area contributed by atoms with Gasteiger partial charge in [0.1, 0.15) is 12.6 Å². The number of rotatable bonds is 6. The van der Waals surface area contributed by atoms with E-state index < -0.39 is 0 Å². The molecular formula is C29H46ClN2O2+. The fourth-order valence-electron chi connectivity index (χ4n) is 7.53. The number of ether oxygens (including phenoxy) is 2. The van der Waals surface area contributed by atoms with Crippen LogP contribution in [0.1, 0.15) is 97.8 Å². The van der Waals surface area contributed by atoms with Gasteiger partial charge in [-0.15, -0.1) is 11.6 Å². The fourth-order valence-corrected chi connectivity index (χ4v) is 7.84. The SMILES string of the molecule is CCC(=CC1=[N+](CC)C2CC(Cl)CCC2O1)C=C1OC2CCC(C3CCCCC3)CC2N1CC. The molecule has 0 radical (unpaired) electrons. The van der Waals surface area contributed by atoms with Gasteiger partial charge in [0.05, 0.1) is 12.1 Å². The van der Waals surface area contributed by atoms with Crippen molar-refractivity contribution in [1.82, 2.24) is 4.90 Å². The van der Waals surface area contributed by atoms with E-state index in [4.69, 9.17) is 21.1 Å². The maximum atomic E-state index is 6.63. The highest BCUT2D eigenvalue weighted by Gasteiger charge is 2.46. The van der Waals surface area contributed by atoms with Crippen molar-refractivity contribution >= 4 is 17.5 Å². The third kappa shape index (κ3) is 4.90. The predicted octanol–water partition coefficient (Wildman–Crippen LogP) is 6.62. The van der Waals surface area contributed by atoms with Gasteiger partial charge in [0.25, 0.3) is 0 Å². The minimum atomic E-state index is 0.278. The van der Waals surface area contributed by atoms with Crippen molar-refractivity contribution in [2.45, 2.75) is 127 Å². The monoisotopic (exact) mass is 489 g/mol. The molecule has 6 unspecified atom stereocenters. The average Bonchev–Trinajstić information content (AvgIpc) is 3.39. The molecule has 5 rings (SSSR count). The van der Waals surface area contributed by atoms with Crippen molar-refractivity contribution in [3.63, 3.8) is 0 Å². The zero-order chi connectivity index (χ0) is 23.7. The van der Waals surface area contributed by atoms with Gasteiger partial charge in [-0.3, -0.25) is 0 Å². The minimum absolute atomic E-state index is 0.278. The topological polar surface area (TPSA) is 24.7 Å². The lowest BCUT2D eigenvalue weighted by atomic mass is 9.71.